The second kappa shape index (κ2) is 6.29. The number of benzene rings is 1. The number of nitrogens with one attached hydrogen (secondary N) is 1. The summed E-state index contributed by atoms with van der Waals surface area (Å²) in [5.41, 5.74) is 6.57. The van der Waals surface area contributed by atoms with Crippen LogP contribution in [0.5, 0.6) is 11.5 Å². The van der Waals surface area contributed by atoms with Gasteiger partial charge in [0.25, 0.3) is 0 Å². The van der Waals surface area contributed by atoms with E-state index in [1.54, 1.807) is 12.0 Å². The molecule has 0 aromatic heterocycles. The van der Waals surface area contributed by atoms with Crippen molar-refractivity contribution in [1.82, 2.24) is 10.2 Å². The molecule has 0 unspecified atom stereocenters. The molecule has 2 rings (SSSR count). The number of carbonyl (C=O) groups excluding carboxylic acids is 1. The zero-order valence-electron chi connectivity index (χ0n) is 11.0. The van der Waals surface area contributed by atoms with Crippen LogP contribution in [-0.2, 0) is 6.54 Å². The minimum Gasteiger partial charge on any atom is -0.497 e. The Morgan fingerprint density at radius 1 is 1.37 bits per heavy atom. The van der Waals surface area contributed by atoms with Gasteiger partial charge in [0, 0.05) is 25.7 Å². The van der Waals surface area contributed by atoms with Crippen molar-refractivity contribution in [1.29, 1.82) is 0 Å². The molecule has 1 aliphatic heterocycles. The number of nitrogens with two attached hydrogens (primary N) is 1. The van der Waals surface area contributed by atoms with Gasteiger partial charge in [0.1, 0.15) is 18.1 Å². The predicted molar refractivity (Wildman–Crippen MR) is 71.4 cm³/mol. The van der Waals surface area contributed by atoms with Crippen LogP contribution in [-0.4, -0.2) is 44.3 Å². The first-order valence-electron chi connectivity index (χ1n) is 6.26. The largest absolute Gasteiger partial charge is 0.497 e. The Morgan fingerprint density at radius 2 is 2.16 bits per heavy atom. The van der Waals surface area contributed by atoms with Crippen LogP contribution >= 0.6 is 0 Å². The highest BCUT2D eigenvalue weighted by molar-refractivity contribution is 5.76. The van der Waals surface area contributed by atoms with Crippen LogP contribution in [0.15, 0.2) is 18.2 Å². The van der Waals surface area contributed by atoms with Gasteiger partial charge in [0.2, 0.25) is 0 Å². The minimum atomic E-state index is -0.0307. The minimum absolute atomic E-state index is 0.0307. The zero-order valence-corrected chi connectivity index (χ0v) is 11.0. The lowest BCUT2D eigenvalue weighted by atomic mass is 10.2. The van der Waals surface area contributed by atoms with Crippen molar-refractivity contribution in [2.24, 2.45) is 5.73 Å². The highest BCUT2D eigenvalue weighted by Crippen LogP contribution is 2.22. The molecule has 1 saturated heterocycles. The molecule has 0 radical (unpaired) electrons. The molecule has 1 aromatic carbocycles. The number of hydrogen-bond donors (Lipinski definition) is 2. The van der Waals surface area contributed by atoms with E-state index in [2.05, 4.69) is 5.32 Å². The number of carbonyl (C=O) groups is 1. The second-order valence-corrected chi connectivity index (χ2v) is 4.29. The van der Waals surface area contributed by atoms with Gasteiger partial charge in [-0.25, -0.2) is 4.79 Å². The van der Waals surface area contributed by atoms with Crippen molar-refractivity contribution in [3.8, 4) is 11.5 Å². The van der Waals surface area contributed by atoms with Crippen LogP contribution in [0.2, 0.25) is 0 Å². The first kappa shape index (κ1) is 13.5. The lowest BCUT2D eigenvalue weighted by Gasteiger charge is -2.15. The monoisotopic (exact) mass is 265 g/mol. The summed E-state index contributed by atoms with van der Waals surface area (Å²) >= 11 is 0. The Hall–Kier alpha value is -1.95. The third kappa shape index (κ3) is 3.51. The zero-order chi connectivity index (χ0) is 13.7. The Balaban J connectivity index is 1.89. The number of rotatable bonds is 6. The van der Waals surface area contributed by atoms with Gasteiger partial charge in [-0.2, -0.15) is 0 Å². The molecular weight excluding hydrogens is 246 g/mol. The molecule has 6 nitrogen and oxygen atoms in total. The van der Waals surface area contributed by atoms with Crippen LogP contribution in [0, 0.1) is 0 Å². The van der Waals surface area contributed by atoms with Crippen molar-refractivity contribution in [2.75, 3.05) is 33.4 Å². The summed E-state index contributed by atoms with van der Waals surface area (Å²) in [4.78, 5) is 13.1. The van der Waals surface area contributed by atoms with Gasteiger partial charge in [-0.15, -0.1) is 0 Å². The van der Waals surface area contributed by atoms with Crippen LogP contribution < -0.4 is 20.5 Å². The second-order valence-electron chi connectivity index (χ2n) is 4.29. The average molecular weight is 265 g/mol. The molecule has 1 aromatic rings. The third-order valence-corrected chi connectivity index (χ3v) is 2.99. The number of ether oxygens (including phenoxy) is 2. The average Bonchev–Trinajstić information content (AvgIpc) is 2.84. The molecular formula is C13H19N3O3. The maximum atomic E-state index is 11.3. The highest BCUT2D eigenvalue weighted by atomic mass is 16.5. The summed E-state index contributed by atoms with van der Waals surface area (Å²) in [5, 5.41) is 2.75. The van der Waals surface area contributed by atoms with E-state index in [0.29, 0.717) is 32.0 Å². The molecule has 19 heavy (non-hydrogen) atoms. The molecule has 0 bridgehead atoms. The van der Waals surface area contributed by atoms with E-state index in [4.69, 9.17) is 15.2 Å². The summed E-state index contributed by atoms with van der Waals surface area (Å²) in [6, 6.07) is 5.54. The highest BCUT2D eigenvalue weighted by Gasteiger charge is 2.18. The smallest absolute Gasteiger partial charge is 0.317 e. The van der Waals surface area contributed by atoms with Gasteiger partial charge in [-0.3, -0.25) is 0 Å². The van der Waals surface area contributed by atoms with Gasteiger partial charge in [0.05, 0.1) is 13.7 Å². The summed E-state index contributed by atoms with van der Waals surface area (Å²) in [6.45, 7) is 2.89. The first-order chi connectivity index (χ1) is 9.22. The fraction of sp³-hybridized carbons (Fsp3) is 0.462. The van der Waals surface area contributed by atoms with E-state index >= 15 is 0 Å². The number of amides is 2. The molecule has 1 heterocycles. The first-order valence-corrected chi connectivity index (χ1v) is 6.26. The van der Waals surface area contributed by atoms with E-state index in [1.165, 1.54) is 0 Å². The molecule has 0 saturated carbocycles. The van der Waals surface area contributed by atoms with Gasteiger partial charge < -0.3 is 25.4 Å². The van der Waals surface area contributed by atoms with Crippen LogP contribution in [0.25, 0.3) is 0 Å². The third-order valence-electron chi connectivity index (χ3n) is 2.99. The van der Waals surface area contributed by atoms with Crippen molar-refractivity contribution in [3.05, 3.63) is 23.8 Å². The molecule has 0 atom stereocenters. The molecule has 1 fully saturated rings. The molecule has 1 aliphatic rings. The molecule has 104 valence electrons. The number of methoxy groups -OCH3 is 1. The molecule has 0 aliphatic carbocycles. The summed E-state index contributed by atoms with van der Waals surface area (Å²) in [6.07, 6.45) is 0. The Bertz CT molecular complexity index is 429. The van der Waals surface area contributed by atoms with Crippen molar-refractivity contribution >= 4 is 6.03 Å². The number of urea groups is 1. The Labute approximate surface area is 112 Å². The molecule has 3 N–H and O–H groups in total. The molecule has 6 heteroatoms. The van der Waals surface area contributed by atoms with Crippen LogP contribution in [0.4, 0.5) is 4.79 Å². The van der Waals surface area contributed by atoms with Crippen molar-refractivity contribution < 1.29 is 14.3 Å². The van der Waals surface area contributed by atoms with Crippen molar-refractivity contribution in [2.45, 2.75) is 6.54 Å². The van der Waals surface area contributed by atoms with Crippen LogP contribution in [0.3, 0.4) is 0 Å². The van der Waals surface area contributed by atoms with Crippen molar-refractivity contribution in [3.63, 3.8) is 0 Å². The lowest BCUT2D eigenvalue weighted by Crippen LogP contribution is -2.31. The van der Waals surface area contributed by atoms with E-state index in [1.807, 2.05) is 18.2 Å². The van der Waals surface area contributed by atoms with E-state index in [9.17, 15) is 4.79 Å². The molecule has 2 amide bonds. The predicted octanol–water partition coefficient (Wildman–Crippen LogP) is 0.558. The fourth-order valence-electron chi connectivity index (χ4n) is 1.95. The van der Waals surface area contributed by atoms with E-state index < -0.39 is 0 Å². The number of hydrogen-bond acceptors (Lipinski definition) is 4. The fourth-order valence-corrected chi connectivity index (χ4v) is 1.95. The van der Waals surface area contributed by atoms with Gasteiger partial charge in [0.15, 0.2) is 0 Å². The summed E-state index contributed by atoms with van der Waals surface area (Å²) in [5.74, 6) is 1.43. The lowest BCUT2D eigenvalue weighted by molar-refractivity contribution is 0.202. The van der Waals surface area contributed by atoms with Gasteiger partial charge in [-0.05, 0) is 17.7 Å². The summed E-state index contributed by atoms with van der Waals surface area (Å²) < 4.78 is 10.8. The standard InChI is InChI=1S/C13H19N3O3/c1-18-11-6-10(9-14)7-12(8-11)19-5-4-16-3-2-15-13(16)17/h6-8H,2-5,9,14H2,1H3,(H,15,17). The normalized spacial score (nSPS) is 14.4. The van der Waals surface area contributed by atoms with E-state index in [-0.39, 0.29) is 6.03 Å². The topological polar surface area (TPSA) is 76.8 Å². The molecule has 0 spiro atoms. The van der Waals surface area contributed by atoms with Crippen LogP contribution in [0.1, 0.15) is 5.56 Å². The Morgan fingerprint density at radius 3 is 2.79 bits per heavy atom. The van der Waals surface area contributed by atoms with E-state index in [0.717, 1.165) is 17.9 Å². The maximum Gasteiger partial charge on any atom is 0.317 e. The SMILES string of the molecule is COc1cc(CN)cc(OCCN2CCNC2=O)c1. The van der Waals surface area contributed by atoms with Gasteiger partial charge in [-0.1, -0.05) is 0 Å². The quantitative estimate of drug-likeness (QED) is 0.788. The maximum absolute atomic E-state index is 11.3. The summed E-state index contributed by atoms with van der Waals surface area (Å²) in [7, 11) is 1.61. The number of nitrogens with zero attached hydrogens (tertiary/aromatic N) is 1. The Kier molecular flexibility index (Phi) is 4.46. The van der Waals surface area contributed by atoms with Gasteiger partial charge >= 0.3 is 6.03 Å².